The molecule has 1 aliphatic rings. The lowest BCUT2D eigenvalue weighted by Gasteiger charge is -2.23. The van der Waals surface area contributed by atoms with E-state index in [0.29, 0.717) is 23.6 Å². The highest BCUT2D eigenvalue weighted by Gasteiger charge is 2.49. The van der Waals surface area contributed by atoms with Gasteiger partial charge in [-0.3, -0.25) is 14.5 Å². The summed E-state index contributed by atoms with van der Waals surface area (Å²) >= 11 is 0. The first-order valence-electron chi connectivity index (χ1n) is 10.6. The van der Waals surface area contributed by atoms with E-state index in [9.17, 15) is 14.4 Å². The van der Waals surface area contributed by atoms with Crippen molar-refractivity contribution in [2.24, 2.45) is 0 Å². The minimum Gasteiger partial charge on any atom is -0.496 e. The predicted octanol–water partition coefficient (Wildman–Crippen LogP) is 3.59. The Kier molecular flexibility index (Phi) is 7.02. The number of hydrogen-bond acceptors (Lipinski definition) is 5. The number of unbranched alkanes of at least 4 members (excludes halogenated alkanes) is 1. The minimum atomic E-state index is -1.26. The largest absolute Gasteiger partial charge is 0.496 e. The highest BCUT2D eigenvalue weighted by atomic mass is 16.5. The molecule has 1 atom stereocenters. The van der Waals surface area contributed by atoms with Gasteiger partial charge in [-0.2, -0.15) is 0 Å². The van der Waals surface area contributed by atoms with Crippen LogP contribution >= 0.6 is 0 Å². The number of benzene rings is 2. The second-order valence-electron chi connectivity index (χ2n) is 7.91. The molecule has 0 aliphatic carbocycles. The third-order valence-corrected chi connectivity index (χ3v) is 5.45. The van der Waals surface area contributed by atoms with E-state index in [2.05, 4.69) is 17.6 Å². The van der Waals surface area contributed by atoms with E-state index in [-0.39, 0.29) is 6.54 Å². The standard InChI is InChI=1S/C24H29N3O5/c1-5-6-13-32-19-10-8-18(9-11-19)25-21(28)15-27-22(29)24(3,26-23(27)30)17-7-12-20(31-4)16(2)14-17/h7-12,14H,5-6,13,15H2,1-4H3,(H,25,28)(H,26,30). The lowest BCUT2D eigenvalue weighted by atomic mass is 9.90. The Labute approximate surface area is 187 Å². The first-order valence-corrected chi connectivity index (χ1v) is 10.6. The van der Waals surface area contributed by atoms with Gasteiger partial charge in [-0.05, 0) is 67.8 Å². The van der Waals surface area contributed by atoms with Gasteiger partial charge in [0.2, 0.25) is 5.91 Å². The van der Waals surface area contributed by atoms with Crippen molar-refractivity contribution < 1.29 is 23.9 Å². The van der Waals surface area contributed by atoms with Crippen LogP contribution in [0.1, 0.15) is 37.8 Å². The number of amides is 4. The molecule has 8 nitrogen and oxygen atoms in total. The quantitative estimate of drug-likeness (QED) is 0.460. The number of hydrogen-bond donors (Lipinski definition) is 2. The number of anilines is 1. The Hall–Kier alpha value is -3.55. The third kappa shape index (κ3) is 4.85. The molecule has 0 saturated carbocycles. The maximum Gasteiger partial charge on any atom is 0.325 e. The van der Waals surface area contributed by atoms with E-state index in [1.807, 2.05) is 6.92 Å². The van der Waals surface area contributed by atoms with Crippen molar-refractivity contribution in [3.8, 4) is 11.5 Å². The highest BCUT2D eigenvalue weighted by molar-refractivity contribution is 6.10. The molecule has 4 amide bonds. The molecular formula is C24H29N3O5. The molecule has 1 aliphatic heterocycles. The SMILES string of the molecule is CCCCOc1ccc(NC(=O)CN2C(=O)NC(C)(c3ccc(OC)c(C)c3)C2=O)cc1. The first-order chi connectivity index (χ1) is 15.3. The van der Waals surface area contributed by atoms with Crippen LogP contribution in [-0.2, 0) is 15.1 Å². The highest BCUT2D eigenvalue weighted by Crippen LogP contribution is 2.31. The van der Waals surface area contributed by atoms with Crippen molar-refractivity contribution in [1.82, 2.24) is 10.2 Å². The number of urea groups is 1. The van der Waals surface area contributed by atoms with Crippen molar-refractivity contribution >= 4 is 23.5 Å². The van der Waals surface area contributed by atoms with Gasteiger partial charge in [0.25, 0.3) is 5.91 Å². The van der Waals surface area contributed by atoms with E-state index in [1.54, 1.807) is 56.5 Å². The summed E-state index contributed by atoms with van der Waals surface area (Å²) in [6.45, 7) is 5.83. The molecule has 0 bridgehead atoms. The van der Waals surface area contributed by atoms with Gasteiger partial charge in [0.05, 0.1) is 13.7 Å². The van der Waals surface area contributed by atoms with Crippen LogP contribution in [0, 0.1) is 6.92 Å². The molecule has 1 heterocycles. The maximum absolute atomic E-state index is 13.1. The van der Waals surface area contributed by atoms with Crippen molar-refractivity contribution in [3.63, 3.8) is 0 Å². The Balaban J connectivity index is 1.65. The summed E-state index contributed by atoms with van der Waals surface area (Å²) in [6.07, 6.45) is 2.02. The zero-order valence-corrected chi connectivity index (χ0v) is 18.9. The zero-order chi connectivity index (χ0) is 23.3. The average molecular weight is 440 g/mol. The van der Waals surface area contributed by atoms with Crippen molar-refractivity contribution in [2.75, 3.05) is 25.6 Å². The van der Waals surface area contributed by atoms with Gasteiger partial charge in [0.1, 0.15) is 23.6 Å². The van der Waals surface area contributed by atoms with Crippen LogP contribution in [-0.4, -0.2) is 43.0 Å². The molecule has 1 unspecified atom stereocenters. The lowest BCUT2D eigenvalue weighted by Crippen LogP contribution is -2.42. The van der Waals surface area contributed by atoms with Gasteiger partial charge in [0, 0.05) is 5.69 Å². The van der Waals surface area contributed by atoms with Crippen LogP contribution in [0.2, 0.25) is 0 Å². The summed E-state index contributed by atoms with van der Waals surface area (Å²) in [4.78, 5) is 39.0. The number of carbonyl (C=O) groups is 3. The number of aryl methyl sites for hydroxylation is 1. The molecule has 2 aromatic rings. The zero-order valence-electron chi connectivity index (χ0n) is 18.9. The van der Waals surface area contributed by atoms with Gasteiger partial charge in [-0.15, -0.1) is 0 Å². The minimum absolute atomic E-state index is 0.385. The number of methoxy groups -OCH3 is 1. The third-order valence-electron chi connectivity index (χ3n) is 5.45. The number of nitrogens with zero attached hydrogens (tertiary/aromatic N) is 1. The smallest absolute Gasteiger partial charge is 0.325 e. The molecule has 1 saturated heterocycles. The van der Waals surface area contributed by atoms with Gasteiger partial charge in [0.15, 0.2) is 0 Å². The normalized spacial score (nSPS) is 17.8. The molecule has 8 heteroatoms. The van der Waals surface area contributed by atoms with Crippen LogP contribution in [0.25, 0.3) is 0 Å². The van der Waals surface area contributed by atoms with Gasteiger partial charge in [-0.25, -0.2) is 4.79 Å². The van der Waals surface area contributed by atoms with Crippen LogP contribution < -0.4 is 20.1 Å². The fourth-order valence-electron chi connectivity index (χ4n) is 3.54. The molecule has 32 heavy (non-hydrogen) atoms. The Morgan fingerprint density at radius 3 is 2.50 bits per heavy atom. The second kappa shape index (κ2) is 9.72. The first kappa shape index (κ1) is 23.1. The molecule has 0 aromatic heterocycles. The number of nitrogens with one attached hydrogen (secondary N) is 2. The Morgan fingerprint density at radius 1 is 1.16 bits per heavy atom. The van der Waals surface area contributed by atoms with Crippen LogP contribution in [0.15, 0.2) is 42.5 Å². The van der Waals surface area contributed by atoms with Crippen LogP contribution in [0.5, 0.6) is 11.5 Å². The molecule has 0 spiro atoms. The fourth-order valence-corrected chi connectivity index (χ4v) is 3.54. The summed E-state index contributed by atoms with van der Waals surface area (Å²) in [5, 5.41) is 5.42. The summed E-state index contributed by atoms with van der Waals surface area (Å²) < 4.78 is 10.9. The van der Waals surface area contributed by atoms with E-state index in [4.69, 9.17) is 9.47 Å². The summed E-state index contributed by atoms with van der Waals surface area (Å²) in [5.41, 5.74) is 0.757. The predicted molar refractivity (Wildman–Crippen MR) is 121 cm³/mol. The molecule has 170 valence electrons. The summed E-state index contributed by atoms with van der Waals surface area (Å²) in [7, 11) is 1.57. The lowest BCUT2D eigenvalue weighted by molar-refractivity contribution is -0.133. The Bertz CT molecular complexity index is 1010. The van der Waals surface area contributed by atoms with E-state index >= 15 is 0 Å². The van der Waals surface area contributed by atoms with Gasteiger partial charge in [-0.1, -0.05) is 19.4 Å². The number of carbonyl (C=O) groups excluding carboxylic acids is 3. The van der Waals surface area contributed by atoms with E-state index in [1.165, 1.54) is 0 Å². The molecular weight excluding hydrogens is 410 g/mol. The average Bonchev–Trinajstić information content (AvgIpc) is 2.99. The second-order valence-corrected chi connectivity index (χ2v) is 7.91. The Morgan fingerprint density at radius 2 is 1.88 bits per heavy atom. The molecule has 0 radical (unpaired) electrons. The van der Waals surface area contributed by atoms with Crippen molar-refractivity contribution in [2.45, 2.75) is 39.2 Å². The van der Waals surface area contributed by atoms with Crippen molar-refractivity contribution in [1.29, 1.82) is 0 Å². The molecule has 3 rings (SSSR count). The van der Waals surface area contributed by atoms with E-state index in [0.717, 1.165) is 29.1 Å². The van der Waals surface area contributed by atoms with Crippen LogP contribution in [0.3, 0.4) is 0 Å². The maximum atomic E-state index is 13.1. The number of rotatable bonds is 9. The molecule has 1 fully saturated rings. The van der Waals surface area contributed by atoms with Crippen LogP contribution in [0.4, 0.5) is 10.5 Å². The molecule has 2 aromatic carbocycles. The fraction of sp³-hybridized carbons (Fsp3) is 0.375. The summed E-state index contributed by atoms with van der Waals surface area (Å²) in [6, 6.07) is 11.6. The number of ether oxygens (including phenoxy) is 2. The summed E-state index contributed by atoms with van der Waals surface area (Å²) in [5.74, 6) is 0.452. The van der Waals surface area contributed by atoms with Gasteiger partial charge < -0.3 is 20.1 Å². The van der Waals surface area contributed by atoms with E-state index < -0.39 is 23.4 Å². The van der Waals surface area contributed by atoms with Gasteiger partial charge >= 0.3 is 6.03 Å². The monoisotopic (exact) mass is 439 g/mol. The molecule has 2 N–H and O–H groups in total. The number of imide groups is 1. The van der Waals surface area contributed by atoms with Crippen molar-refractivity contribution in [3.05, 3.63) is 53.6 Å². The topological polar surface area (TPSA) is 97.0 Å².